The molecule has 6 heteroatoms. The first-order valence-corrected chi connectivity index (χ1v) is 7.06. The zero-order chi connectivity index (χ0) is 15.4. The van der Waals surface area contributed by atoms with Crippen LogP contribution in [0.25, 0.3) is 0 Å². The summed E-state index contributed by atoms with van der Waals surface area (Å²) in [4.78, 5) is 12.1. The van der Waals surface area contributed by atoms with E-state index in [1.54, 1.807) is 10.7 Å². The van der Waals surface area contributed by atoms with Crippen molar-refractivity contribution < 1.29 is 9.53 Å². The predicted octanol–water partition coefficient (Wildman–Crippen LogP) is 2.96. The van der Waals surface area contributed by atoms with Gasteiger partial charge in [-0.15, -0.1) is 0 Å². The van der Waals surface area contributed by atoms with Crippen molar-refractivity contribution in [2.45, 2.75) is 19.4 Å². The summed E-state index contributed by atoms with van der Waals surface area (Å²) in [5.74, 6) is -0.377. The molecule has 1 heterocycles. The molecule has 0 radical (unpaired) electrons. The van der Waals surface area contributed by atoms with Gasteiger partial charge in [0, 0.05) is 18.8 Å². The number of esters is 1. The first kappa shape index (κ1) is 15.4. The molecule has 0 aliphatic heterocycles. The van der Waals surface area contributed by atoms with Crippen molar-refractivity contribution in [2.75, 3.05) is 12.4 Å². The average Bonchev–Trinajstić information content (AvgIpc) is 2.86. The van der Waals surface area contributed by atoms with Crippen LogP contribution in [0.3, 0.4) is 0 Å². The van der Waals surface area contributed by atoms with E-state index in [1.807, 2.05) is 38.4 Å². The summed E-state index contributed by atoms with van der Waals surface area (Å²) < 4.78 is 6.60. The summed E-state index contributed by atoms with van der Waals surface area (Å²) in [5.41, 5.74) is 2.33. The topological polar surface area (TPSA) is 56.2 Å². The van der Waals surface area contributed by atoms with E-state index in [0.717, 1.165) is 17.7 Å². The number of hydrogen-bond donors (Lipinski definition) is 1. The molecule has 5 nitrogen and oxygen atoms in total. The Labute approximate surface area is 128 Å². The normalized spacial score (nSPS) is 12.0. The predicted molar refractivity (Wildman–Crippen MR) is 82.4 cm³/mol. The van der Waals surface area contributed by atoms with Crippen LogP contribution in [0.5, 0.6) is 0 Å². The number of hydrogen-bond acceptors (Lipinski definition) is 4. The minimum absolute atomic E-state index is 0.377. The van der Waals surface area contributed by atoms with Gasteiger partial charge in [-0.2, -0.15) is 5.10 Å². The van der Waals surface area contributed by atoms with Crippen molar-refractivity contribution in [1.82, 2.24) is 9.78 Å². The number of carbonyl (C=O) groups is 1. The lowest BCUT2D eigenvalue weighted by Crippen LogP contribution is -2.23. The van der Waals surface area contributed by atoms with Gasteiger partial charge in [-0.1, -0.05) is 30.7 Å². The molecular formula is C15H18ClN3O2. The molecule has 1 atom stereocenters. The van der Waals surface area contributed by atoms with E-state index in [1.165, 1.54) is 7.11 Å². The SMILES string of the molecule is CCc1nn(C)cc1C(Nc1ccccc1Cl)C(=O)OC. The van der Waals surface area contributed by atoms with Gasteiger partial charge in [0.15, 0.2) is 6.04 Å². The van der Waals surface area contributed by atoms with Crippen LogP contribution >= 0.6 is 11.6 Å². The van der Waals surface area contributed by atoms with Gasteiger partial charge in [-0.05, 0) is 18.6 Å². The van der Waals surface area contributed by atoms with E-state index in [0.29, 0.717) is 10.7 Å². The molecule has 2 aromatic rings. The van der Waals surface area contributed by atoms with Gasteiger partial charge in [0.1, 0.15) is 0 Å². The first-order valence-electron chi connectivity index (χ1n) is 6.68. The number of aromatic nitrogens is 2. The Morgan fingerprint density at radius 1 is 1.48 bits per heavy atom. The number of para-hydroxylation sites is 1. The second-order valence-electron chi connectivity index (χ2n) is 4.64. The van der Waals surface area contributed by atoms with Gasteiger partial charge in [0.2, 0.25) is 0 Å². The Morgan fingerprint density at radius 3 is 2.81 bits per heavy atom. The third kappa shape index (κ3) is 3.36. The fourth-order valence-electron chi connectivity index (χ4n) is 2.18. The molecule has 112 valence electrons. The van der Waals surface area contributed by atoms with Crippen molar-refractivity contribution in [1.29, 1.82) is 0 Å². The number of benzene rings is 1. The molecule has 0 bridgehead atoms. The Morgan fingerprint density at radius 2 is 2.19 bits per heavy atom. The number of nitrogens with one attached hydrogen (secondary N) is 1. The largest absolute Gasteiger partial charge is 0.467 e. The second-order valence-corrected chi connectivity index (χ2v) is 5.05. The number of ether oxygens (including phenoxy) is 1. The Balaban J connectivity index is 2.39. The number of methoxy groups -OCH3 is 1. The molecule has 0 saturated carbocycles. The third-order valence-corrected chi connectivity index (χ3v) is 3.52. The fraction of sp³-hybridized carbons (Fsp3) is 0.333. The van der Waals surface area contributed by atoms with Gasteiger partial charge in [0.25, 0.3) is 0 Å². The Kier molecular flexibility index (Phi) is 4.85. The highest BCUT2D eigenvalue weighted by Crippen LogP contribution is 2.28. The fourth-order valence-corrected chi connectivity index (χ4v) is 2.37. The molecule has 21 heavy (non-hydrogen) atoms. The third-order valence-electron chi connectivity index (χ3n) is 3.19. The molecule has 0 saturated heterocycles. The number of carbonyl (C=O) groups excluding carboxylic acids is 1. The molecule has 0 fully saturated rings. The van der Waals surface area contributed by atoms with E-state index in [-0.39, 0.29) is 5.97 Å². The summed E-state index contributed by atoms with van der Waals surface area (Å²) in [5, 5.41) is 8.06. The number of halogens is 1. The van der Waals surface area contributed by atoms with Crippen LogP contribution < -0.4 is 5.32 Å². The van der Waals surface area contributed by atoms with E-state index >= 15 is 0 Å². The lowest BCUT2D eigenvalue weighted by atomic mass is 10.1. The molecular weight excluding hydrogens is 290 g/mol. The molecule has 1 aromatic heterocycles. The van der Waals surface area contributed by atoms with Crippen LogP contribution in [-0.2, 0) is 23.0 Å². The maximum Gasteiger partial charge on any atom is 0.333 e. The standard InChI is InChI=1S/C15H18ClN3O2/c1-4-12-10(9-19(2)18-12)14(15(20)21-3)17-13-8-6-5-7-11(13)16/h5-9,14,17H,4H2,1-3H3. The smallest absolute Gasteiger partial charge is 0.333 e. The molecule has 0 aliphatic carbocycles. The maximum absolute atomic E-state index is 12.1. The highest BCUT2D eigenvalue weighted by molar-refractivity contribution is 6.33. The van der Waals surface area contributed by atoms with Crippen molar-refractivity contribution in [3.8, 4) is 0 Å². The Hall–Kier alpha value is -2.01. The van der Waals surface area contributed by atoms with E-state index < -0.39 is 6.04 Å². The molecule has 0 aliphatic rings. The van der Waals surface area contributed by atoms with Crippen molar-refractivity contribution >= 4 is 23.3 Å². The van der Waals surface area contributed by atoms with E-state index in [9.17, 15) is 4.79 Å². The number of nitrogens with zero attached hydrogens (tertiary/aromatic N) is 2. The maximum atomic E-state index is 12.1. The highest BCUT2D eigenvalue weighted by Gasteiger charge is 2.26. The van der Waals surface area contributed by atoms with Crippen molar-refractivity contribution in [3.63, 3.8) is 0 Å². The monoisotopic (exact) mass is 307 g/mol. The molecule has 1 aromatic carbocycles. The first-order chi connectivity index (χ1) is 10.1. The highest BCUT2D eigenvalue weighted by atomic mass is 35.5. The number of aryl methyl sites for hydroxylation is 2. The van der Waals surface area contributed by atoms with E-state index in [4.69, 9.17) is 16.3 Å². The van der Waals surface area contributed by atoms with Crippen LogP contribution in [0.15, 0.2) is 30.5 Å². The van der Waals surface area contributed by atoms with Crippen LogP contribution in [0, 0.1) is 0 Å². The quantitative estimate of drug-likeness (QED) is 0.863. The van der Waals surface area contributed by atoms with Crippen LogP contribution in [0.1, 0.15) is 24.2 Å². The summed E-state index contributed by atoms with van der Waals surface area (Å²) in [6.45, 7) is 2.00. The molecule has 0 spiro atoms. The summed E-state index contributed by atoms with van der Waals surface area (Å²) in [7, 11) is 3.19. The van der Waals surface area contributed by atoms with Crippen molar-refractivity contribution in [2.24, 2.45) is 7.05 Å². The molecule has 2 rings (SSSR count). The second kappa shape index (κ2) is 6.63. The average molecular weight is 308 g/mol. The van der Waals surface area contributed by atoms with Crippen molar-refractivity contribution in [3.05, 3.63) is 46.7 Å². The zero-order valence-corrected chi connectivity index (χ0v) is 13.0. The van der Waals surface area contributed by atoms with E-state index in [2.05, 4.69) is 10.4 Å². The lowest BCUT2D eigenvalue weighted by Gasteiger charge is -2.18. The summed E-state index contributed by atoms with van der Waals surface area (Å²) in [6, 6.07) is 6.63. The number of anilines is 1. The molecule has 1 unspecified atom stereocenters. The Bertz CT molecular complexity index is 640. The van der Waals surface area contributed by atoms with Crippen LogP contribution in [0.2, 0.25) is 5.02 Å². The zero-order valence-electron chi connectivity index (χ0n) is 12.3. The molecule has 0 amide bonds. The number of rotatable bonds is 5. The lowest BCUT2D eigenvalue weighted by molar-refractivity contribution is -0.141. The van der Waals surface area contributed by atoms with Gasteiger partial charge in [0.05, 0.1) is 23.5 Å². The van der Waals surface area contributed by atoms with Crippen LogP contribution in [-0.4, -0.2) is 22.9 Å². The van der Waals surface area contributed by atoms with Gasteiger partial charge in [-0.3, -0.25) is 4.68 Å². The minimum Gasteiger partial charge on any atom is -0.467 e. The molecule has 1 N–H and O–H groups in total. The van der Waals surface area contributed by atoms with Gasteiger partial charge < -0.3 is 10.1 Å². The van der Waals surface area contributed by atoms with Gasteiger partial charge in [-0.25, -0.2) is 4.79 Å². The summed E-state index contributed by atoms with van der Waals surface area (Å²) >= 11 is 6.15. The van der Waals surface area contributed by atoms with Crippen LogP contribution in [0.4, 0.5) is 5.69 Å². The summed E-state index contributed by atoms with van der Waals surface area (Å²) in [6.07, 6.45) is 2.55. The van der Waals surface area contributed by atoms with Gasteiger partial charge >= 0.3 is 5.97 Å². The minimum atomic E-state index is -0.640.